The third-order valence-electron chi connectivity index (χ3n) is 6.16. The van der Waals surface area contributed by atoms with Crippen molar-refractivity contribution in [2.45, 2.75) is 12.6 Å². The molecule has 2 aliphatic heterocycles. The van der Waals surface area contributed by atoms with Crippen LogP contribution in [0, 0.1) is 46.5 Å². The van der Waals surface area contributed by atoms with E-state index >= 15 is 17.6 Å². The summed E-state index contributed by atoms with van der Waals surface area (Å²) in [5, 5.41) is 0. The molecule has 4 aromatic carbocycles. The minimum absolute atomic E-state index is 0.0823. The molecule has 4 aromatic rings. The fraction of sp³-hybridized carbons (Fsp3) is 0.143. The highest BCUT2D eigenvalue weighted by Crippen LogP contribution is 2.43. The van der Waals surface area contributed by atoms with Crippen LogP contribution in [0.5, 0.6) is 34.5 Å². The van der Waals surface area contributed by atoms with Crippen LogP contribution in [-0.4, -0.2) is 25.8 Å². The normalized spacial score (nSPS) is 17.1. The molecule has 2 aliphatic rings. The van der Waals surface area contributed by atoms with Gasteiger partial charge in [0.15, 0.2) is 59.5 Å². The molecule has 2 unspecified atom stereocenters. The molecule has 0 saturated heterocycles. The van der Waals surface area contributed by atoms with Gasteiger partial charge in [-0.1, -0.05) is 24.3 Å². The van der Waals surface area contributed by atoms with Crippen LogP contribution in [0.4, 0.5) is 35.1 Å². The number of hydrogen-bond acceptors (Lipinski definition) is 6. The molecule has 0 amide bonds. The number of para-hydroxylation sites is 4. The first kappa shape index (κ1) is 27.3. The lowest BCUT2D eigenvalue weighted by molar-refractivity contribution is -0.0527. The molecule has 0 aromatic heterocycles. The van der Waals surface area contributed by atoms with Gasteiger partial charge in [0.05, 0.1) is 11.1 Å². The summed E-state index contributed by atoms with van der Waals surface area (Å²) in [6.45, 7) is -0.938. The van der Waals surface area contributed by atoms with Crippen LogP contribution >= 0.6 is 0 Å². The standard InChI is InChI=1S/C28H14F8O6/c29-19-17(20(30)24(34)27(23(19)33)41-15-9-37-11-5-1-3-7-13(11)39-15)18-21(31)25(35)28(26(36)22(18)32)42-16-10-38-12-6-2-4-8-14(12)40-16/h1-8,15-16H,9-10H2. The molecule has 6 rings (SSSR count). The monoisotopic (exact) mass is 598 g/mol. The zero-order chi connectivity index (χ0) is 29.7. The van der Waals surface area contributed by atoms with E-state index < -0.39 is 95.0 Å². The van der Waals surface area contributed by atoms with Crippen molar-refractivity contribution < 1.29 is 63.5 Å². The third-order valence-corrected chi connectivity index (χ3v) is 6.16. The van der Waals surface area contributed by atoms with E-state index in [2.05, 4.69) is 0 Å². The predicted molar refractivity (Wildman–Crippen MR) is 126 cm³/mol. The highest BCUT2D eigenvalue weighted by atomic mass is 19.2. The van der Waals surface area contributed by atoms with Gasteiger partial charge < -0.3 is 28.4 Å². The van der Waals surface area contributed by atoms with Crippen molar-refractivity contribution in [2.75, 3.05) is 13.2 Å². The van der Waals surface area contributed by atoms with Gasteiger partial charge in [-0.05, 0) is 24.3 Å². The van der Waals surface area contributed by atoms with Crippen molar-refractivity contribution in [1.82, 2.24) is 0 Å². The van der Waals surface area contributed by atoms with Crippen LogP contribution in [0.25, 0.3) is 11.1 Å². The molecule has 42 heavy (non-hydrogen) atoms. The topological polar surface area (TPSA) is 55.4 Å². The molecule has 0 bridgehead atoms. The van der Waals surface area contributed by atoms with Gasteiger partial charge in [0.1, 0.15) is 0 Å². The lowest BCUT2D eigenvalue weighted by Crippen LogP contribution is -2.35. The Labute approximate surface area is 230 Å². The van der Waals surface area contributed by atoms with E-state index in [0.29, 0.717) is 0 Å². The van der Waals surface area contributed by atoms with Gasteiger partial charge >= 0.3 is 0 Å². The summed E-state index contributed by atoms with van der Waals surface area (Å²) in [6.07, 6.45) is -3.21. The Morgan fingerprint density at radius 2 is 0.762 bits per heavy atom. The number of fused-ring (bicyclic) bond motifs is 2. The van der Waals surface area contributed by atoms with Gasteiger partial charge in [-0.25, -0.2) is 17.6 Å². The number of benzene rings is 4. The minimum atomic E-state index is -2.41. The summed E-state index contributed by atoms with van der Waals surface area (Å²) >= 11 is 0. The van der Waals surface area contributed by atoms with Gasteiger partial charge in [0, 0.05) is 0 Å². The Morgan fingerprint density at radius 1 is 0.452 bits per heavy atom. The first-order valence-electron chi connectivity index (χ1n) is 12.0. The predicted octanol–water partition coefficient (Wildman–Crippen LogP) is 6.82. The SMILES string of the molecule is Fc1c(F)c(-c2c(F)c(F)c(OC3COc4ccccc4O3)c(F)c2F)c(F)c(F)c1OC1COc2ccccc2O1. The minimum Gasteiger partial charge on any atom is -0.482 e. The largest absolute Gasteiger partial charge is 0.482 e. The summed E-state index contributed by atoms with van der Waals surface area (Å²) in [5.41, 5.74) is -4.15. The van der Waals surface area contributed by atoms with Gasteiger partial charge in [0.2, 0.25) is 34.8 Å². The number of hydrogen-bond donors (Lipinski definition) is 0. The second-order valence-electron chi connectivity index (χ2n) is 8.77. The first-order valence-corrected chi connectivity index (χ1v) is 12.0. The maximum Gasteiger partial charge on any atom is 0.275 e. The van der Waals surface area contributed by atoms with Crippen molar-refractivity contribution in [3.05, 3.63) is 95.1 Å². The van der Waals surface area contributed by atoms with E-state index in [-0.39, 0.29) is 23.0 Å². The molecule has 0 saturated carbocycles. The quantitative estimate of drug-likeness (QED) is 0.186. The maximum absolute atomic E-state index is 15.0. The molecule has 0 N–H and O–H groups in total. The lowest BCUT2D eigenvalue weighted by atomic mass is 10.0. The number of ether oxygens (including phenoxy) is 6. The van der Waals surface area contributed by atoms with E-state index in [1.165, 1.54) is 36.4 Å². The number of halogens is 8. The number of rotatable bonds is 5. The van der Waals surface area contributed by atoms with Crippen molar-refractivity contribution in [3.63, 3.8) is 0 Å². The molecule has 6 nitrogen and oxygen atoms in total. The molecular weight excluding hydrogens is 584 g/mol. The molecule has 0 radical (unpaired) electrons. The first-order chi connectivity index (χ1) is 20.2. The molecule has 0 spiro atoms. The molecule has 2 atom stereocenters. The summed E-state index contributed by atoms with van der Waals surface area (Å²) < 4.78 is 151. The summed E-state index contributed by atoms with van der Waals surface area (Å²) in [7, 11) is 0. The zero-order valence-corrected chi connectivity index (χ0v) is 20.7. The van der Waals surface area contributed by atoms with Crippen molar-refractivity contribution >= 4 is 0 Å². The van der Waals surface area contributed by atoms with E-state index in [9.17, 15) is 17.6 Å². The molecule has 0 aliphatic carbocycles. The highest BCUT2D eigenvalue weighted by Gasteiger charge is 2.37. The van der Waals surface area contributed by atoms with Crippen LogP contribution in [0.1, 0.15) is 0 Å². The van der Waals surface area contributed by atoms with Crippen LogP contribution in [0.15, 0.2) is 48.5 Å². The zero-order valence-electron chi connectivity index (χ0n) is 20.7. The summed E-state index contributed by atoms with van der Waals surface area (Å²) in [4.78, 5) is 0. The Bertz CT molecular complexity index is 1530. The second kappa shape index (κ2) is 10.5. The fourth-order valence-electron chi connectivity index (χ4n) is 4.25. The smallest absolute Gasteiger partial charge is 0.275 e. The van der Waals surface area contributed by atoms with Crippen LogP contribution < -0.4 is 28.4 Å². The lowest BCUT2D eigenvalue weighted by Gasteiger charge is -2.27. The van der Waals surface area contributed by atoms with Gasteiger partial charge in [0.25, 0.3) is 12.6 Å². The van der Waals surface area contributed by atoms with Gasteiger partial charge in [-0.2, -0.15) is 17.6 Å². The van der Waals surface area contributed by atoms with E-state index in [4.69, 9.17) is 28.4 Å². The van der Waals surface area contributed by atoms with E-state index in [1.54, 1.807) is 12.1 Å². The average Bonchev–Trinajstić information content (AvgIpc) is 3.01. The van der Waals surface area contributed by atoms with Crippen LogP contribution in [0.3, 0.4) is 0 Å². The Balaban J connectivity index is 1.33. The van der Waals surface area contributed by atoms with E-state index in [1.807, 2.05) is 0 Å². The maximum atomic E-state index is 15.0. The average molecular weight is 598 g/mol. The molecular formula is C28H14F8O6. The van der Waals surface area contributed by atoms with Crippen molar-refractivity contribution in [1.29, 1.82) is 0 Å². The highest BCUT2D eigenvalue weighted by molar-refractivity contribution is 5.69. The molecule has 2 heterocycles. The Hall–Kier alpha value is -4.88. The van der Waals surface area contributed by atoms with Crippen LogP contribution in [-0.2, 0) is 0 Å². The molecule has 218 valence electrons. The van der Waals surface area contributed by atoms with E-state index in [0.717, 1.165) is 0 Å². The summed E-state index contributed by atoms with van der Waals surface area (Å²) in [5.74, 6) is -21.4. The van der Waals surface area contributed by atoms with Gasteiger partial charge in [-0.15, -0.1) is 0 Å². The van der Waals surface area contributed by atoms with Gasteiger partial charge in [-0.3, -0.25) is 0 Å². The molecule has 14 heteroatoms. The third kappa shape index (κ3) is 4.52. The fourth-order valence-corrected chi connectivity index (χ4v) is 4.25. The second-order valence-corrected chi connectivity index (χ2v) is 8.77. The Morgan fingerprint density at radius 3 is 1.10 bits per heavy atom. The molecule has 0 fully saturated rings. The Kier molecular flexibility index (Phi) is 6.83. The van der Waals surface area contributed by atoms with Crippen LogP contribution in [0.2, 0.25) is 0 Å². The summed E-state index contributed by atoms with van der Waals surface area (Å²) in [6, 6.07) is 12.1. The van der Waals surface area contributed by atoms with Crippen molar-refractivity contribution in [3.8, 4) is 45.6 Å². The van der Waals surface area contributed by atoms with Crippen molar-refractivity contribution in [2.24, 2.45) is 0 Å².